The van der Waals surface area contributed by atoms with Crippen LogP contribution in [-0.2, 0) is 16.1 Å². The number of nitrogens with one attached hydrogen (secondary N) is 3. The van der Waals surface area contributed by atoms with Gasteiger partial charge in [0.15, 0.2) is 0 Å². The van der Waals surface area contributed by atoms with Crippen LogP contribution in [0, 0.1) is 5.41 Å². The molecule has 9 nitrogen and oxygen atoms in total. The molecular weight excluding hydrogens is 336 g/mol. The fourth-order valence-corrected chi connectivity index (χ4v) is 2.27. The first-order chi connectivity index (χ1) is 12.3. The highest BCUT2D eigenvalue weighted by Crippen LogP contribution is 2.19. The molecule has 0 saturated carbocycles. The highest BCUT2D eigenvalue weighted by molar-refractivity contribution is 5.86. The van der Waals surface area contributed by atoms with E-state index in [0.717, 1.165) is 11.3 Å². The molecule has 2 aromatic rings. The van der Waals surface area contributed by atoms with Crippen LogP contribution in [0.1, 0.15) is 26.3 Å². The van der Waals surface area contributed by atoms with Crippen LogP contribution < -0.4 is 16.2 Å². The van der Waals surface area contributed by atoms with Crippen molar-refractivity contribution in [3.63, 3.8) is 0 Å². The SMILES string of the molecule is COC(=O)NC(C(=O)NNCc1ccc(-n2cncn2)cc1)C(C)(C)C. The van der Waals surface area contributed by atoms with Crippen LogP contribution in [0.2, 0.25) is 0 Å². The quantitative estimate of drug-likeness (QED) is 0.667. The Kier molecular flexibility index (Phi) is 6.29. The van der Waals surface area contributed by atoms with Gasteiger partial charge in [-0.2, -0.15) is 5.10 Å². The summed E-state index contributed by atoms with van der Waals surface area (Å²) in [6, 6.07) is 6.92. The van der Waals surface area contributed by atoms with Crippen LogP contribution in [-0.4, -0.2) is 39.9 Å². The molecule has 0 aliphatic heterocycles. The third kappa shape index (κ3) is 5.28. The highest BCUT2D eigenvalue weighted by atomic mass is 16.5. The number of hydrogen-bond donors (Lipinski definition) is 3. The highest BCUT2D eigenvalue weighted by Gasteiger charge is 2.33. The van der Waals surface area contributed by atoms with Gasteiger partial charge in [0.1, 0.15) is 18.7 Å². The number of carbonyl (C=O) groups excluding carboxylic acids is 2. The van der Waals surface area contributed by atoms with Crippen LogP contribution >= 0.6 is 0 Å². The number of benzene rings is 1. The van der Waals surface area contributed by atoms with Gasteiger partial charge in [0.25, 0.3) is 5.91 Å². The average molecular weight is 360 g/mol. The Hall–Kier alpha value is -2.94. The van der Waals surface area contributed by atoms with Gasteiger partial charge in [-0.25, -0.2) is 19.9 Å². The summed E-state index contributed by atoms with van der Waals surface area (Å²) >= 11 is 0. The van der Waals surface area contributed by atoms with Crippen LogP contribution in [0.5, 0.6) is 0 Å². The first-order valence-electron chi connectivity index (χ1n) is 8.12. The first-order valence-corrected chi connectivity index (χ1v) is 8.12. The van der Waals surface area contributed by atoms with E-state index in [-0.39, 0.29) is 5.91 Å². The summed E-state index contributed by atoms with van der Waals surface area (Å²) in [4.78, 5) is 27.7. The van der Waals surface area contributed by atoms with Gasteiger partial charge in [-0.15, -0.1) is 0 Å². The Labute approximate surface area is 152 Å². The van der Waals surface area contributed by atoms with Crippen molar-refractivity contribution in [2.24, 2.45) is 5.41 Å². The Morgan fingerprint density at radius 1 is 1.23 bits per heavy atom. The number of methoxy groups -OCH3 is 1. The zero-order valence-electron chi connectivity index (χ0n) is 15.3. The molecule has 0 aliphatic rings. The number of alkyl carbamates (subject to hydrolysis) is 1. The third-order valence-electron chi connectivity index (χ3n) is 3.70. The molecule has 0 radical (unpaired) electrons. The van der Waals surface area contributed by atoms with E-state index < -0.39 is 17.6 Å². The van der Waals surface area contributed by atoms with E-state index in [1.165, 1.54) is 13.4 Å². The van der Waals surface area contributed by atoms with Crippen LogP contribution in [0.15, 0.2) is 36.9 Å². The first kappa shape index (κ1) is 19.4. The maximum absolute atomic E-state index is 12.4. The van der Waals surface area contributed by atoms with E-state index in [4.69, 9.17) is 0 Å². The smallest absolute Gasteiger partial charge is 0.407 e. The van der Waals surface area contributed by atoms with E-state index in [2.05, 4.69) is 31.0 Å². The monoisotopic (exact) mass is 360 g/mol. The van der Waals surface area contributed by atoms with Crippen molar-refractivity contribution in [2.75, 3.05) is 7.11 Å². The van der Waals surface area contributed by atoms with Crippen molar-refractivity contribution in [1.82, 2.24) is 30.9 Å². The fourth-order valence-electron chi connectivity index (χ4n) is 2.27. The van der Waals surface area contributed by atoms with Gasteiger partial charge in [0.05, 0.1) is 12.8 Å². The molecule has 2 amide bonds. The number of aromatic nitrogens is 3. The molecule has 1 unspecified atom stereocenters. The van der Waals surface area contributed by atoms with Crippen molar-refractivity contribution in [1.29, 1.82) is 0 Å². The number of rotatable bonds is 6. The van der Waals surface area contributed by atoms with Crippen molar-refractivity contribution >= 4 is 12.0 Å². The maximum atomic E-state index is 12.4. The lowest BCUT2D eigenvalue weighted by Crippen LogP contribution is -2.56. The lowest BCUT2D eigenvalue weighted by atomic mass is 9.86. The van der Waals surface area contributed by atoms with Crippen molar-refractivity contribution in [2.45, 2.75) is 33.4 Å². The number of ether oxygens (including phenoxy) is 1. The molecule has 0 spiro atoms. The minimum Gasteiger partial charge on any atom is -0.453 e. The second-order valence-electron chi connectivity index (χ2n) is 6.78. The van der Waals surface area contributed by atoms with E-state index in [1.54, 1.807) is 11.0 Å². The number of amides is 2. The van der Waals surface area contributed by atoms with Crippen LogP contribution in [0.3, 0.4) is 0 Å². The molecule has 1 aromatic carbocycles. The number of nitrogens with zero attached hydrogens (tertiary/aromatic N) is 3. The zero-order chi connectivity index (χ0) is 19.2. The van der Waals surface area contributed by atoms with E-state index in [9.17, 15) is 9.59 Å². The Morgan fingerprint density at radius 2 is 1.92 bits per heavy atom. The van der Waals surface area contributed by atoms with Gasteiger partial charge in [-0.05, 0) is 23.1 Å². The molecule has 0 saturated heterocycles. The second kappa shape index (κ2) is 8.43. The molecular formula is C17H24N6O3. The zero-order valence-corrected chi connectivity index (χ0v) is 15.3. The molecule has 1 aromatic heterocycles. The minimum absolute atomic E-state index is 0.345. The summed E-state index contributed by atoms with van der Waals surface area (Å²) in [6.07, 6.45) is 2.44. The molecule has 0 fully saturated rings. The Bertz CT molecular complexity index is 722. The fraction of sp³-hybridized carbons (Fsp3) is 0.412. The predicted molar refractivity (Wildman–Crippen MR) is 95.1 cm³/mol. The van der Waals surface area contributed by atoms with Crippen LogP contribution in [0.4, 0.5) is 4.79 Å². The molecule has 2 rings (SSSR count). The summed E-state index contributed by atoms with van der Waals surface area (Å²) in [5.41, 5.74) is 6.89. The second-order valence-corrected chi connectivity index (χ2v) is 6.78. The van der Waals surface area contributed by atoms with E-state index >= 15 is 0 Å². The molecule has 0 bridgehead atoms. The largest absolute Gasteiger partial charge is 0.453 e. The maximum Gasteiger partial charge on any atom is 0.407 e. The molecule has 26 heavy (non-hydrogen) atoms. The summed E-state index contributed by atoms with van der Waals surface area (Å²) in [5.74, 6) is -0.345. The van der Waals surface area contributed by atoms with Crippen molar-refractivity contribution < 1.29 is 14.3 Å². The summed E-state index contributed by atoms with van der Waals surface area (Å²) < 4.78 is 6.24. The summed E-state index contributed by atoms with van der Waals surface area (Å²) in [7, 11) is 1.26. The molecule has 0 aliphatic carbocycles. The Balaban J connectivity index is 1.89. The van der Waals surface area contributed by atoms with Crippen molar-refractivity contribution in [3.8, 4) is 5.69 Å². The topological polar surface area (TPSA) is 110 Å². The van der Waals surface area contributed by atoms with E-state index in [1.807, 2.05) is 45.0 Å². The van der Waals surface area contributed by atoms with E-state index in [0.29, 0.717) is 6.54 Å². The number of hydrogen-bond acceptors (Lipinski definition) is 6. The van der Waals surface area contributed by atoms with Gasteiger partial charge in [-0.1, -0.05) is 32.9 Å². The summed E-state index contributed by atoms with van der Waals surface area (Å²) in [6.45, 7) is 6.00. The van der Waals surface area contributed by atoms with Crippen LogP contribution in [0.25, 0.3) is 5.69 Å². The average Bonchev–Trinajstić information content (AvgIpc) is 3.13. The van der Waals surface area contributed by atoms with Gasteiger partial charge < -0.3 is 10.1 Å². The third-order valence-corrected chi connectivity index (χ3v) is 3.70. The van der Waals surface area contributed by atoms with Gasteiger partial charge in [0, 0.05) is 6.54 Å². The molecule has 1 atom stereocenters. The molecule has 1 heterocycles. The van der Waals surface area contributed by atoms with Gasteiger partial charge in [0.2, 0.25) is 0 Å². The molecule has 9 heteroatoms. The lowest BCUT2D eigenvalue weighted by molar-refractivity contribution is -0.126. The number of hydrazine groups is 1. The normalized spacial score (nSPS) is 12.3. The van der Waals surface area contributed by atoms with Crippen molar-refractivity contribution in [3.05, 3.63) is 42.5 Å². The Morgan fingerprint density at radius 3 is 2.46 bits per heavy atom. The lowest BCUT2D eigenvalue weighted by Gasteiger charge is -2.29. The van der Waals surface area contributed by atoms with Gasteiger partial charge >= 0.3 is 6.09 Å². The molecule has 3 N–H and O–H groups in total. The predicted octanol–water partition coefficient (Wildman–Crippen LogP) is 1.16. The summed E-state index contributed by atoms with van der Waals surface area (Å²) in [5, 5.41) is 6.61. The van der Waals surface area contributed by atoms with Gasteiger partial charge in [-0.3, -0.25) is 10.2 Å². The standard InChI is InChI=1S/C17H24N6O3/c1-17(2,3)14(21-16(25)26-4)15(24)22-19-9-12-5-7-13(8-6-12)23-11-18-10-20-23/h5-8,10-11,14,19H,9H2,1-4H3,(H,21,25)(H,22,24). The molecule has 140 valence electrons. The number of carbonyl (C=O) groups is 2. The minimum atomic E-state index is -0.739.